The van der Waals surface area contributed by atoms with Crippen LogP contribution < -0.4 is 11.1 Å². The van der Waals surface area contributed by atoms with Crippen molar-refractivity contribution in [2.75, 3.05) is 13.1 Å². The normalized spacial score (nSPS) is 10.0. The summed E-state index contributed by atoms with van der Waals surface area (Å²) in [6.45, 7) is 3.00. The summed E-state index contributed by atoms with van der Waals surface area (Å²) in [5.41, 5.74) is 6.86. The largest absolute Gasteiger partial charge is 0.431 e. The van der Waals surface area contributed by atoms with E-state index in [1.54, 1.807) is 6.92 Å². The molecule has 2 aromatic rings. The van der Waals surface area contributed by atoms with E-state index in [1.165, 1.54) is 0 Å². The van der Waals surface area contributed by atoms with Crippen LogP contribution >= 0.6 is 12.4 Å². The van der Waals surface area contributed by atoms with Crippen LogP contribution in [0, 0.1) is 6.92 Å². The predicted octanol–water partition coefficient (Wildman–Crippen LogP) is 2.54. The molecule has 0 saturated heterocycles. The summed E-state index contributed by atoms with van der Waals surface area (Å²) < 4.78 is 5.57. The fourth-order valence-corrected chi connectivity index (χ4v) is 1.86. The number of amides is 1. The maximum atomic E-state index is 12.0. The molecule has 0 unspecified atom stereocenters. The third-order valence-electron chi connectivity index (χ3n) is 2.94. The van der Waals surface area contributed by atoms with Crippen LogP contribution in [0.4, 0.5) is 0 Å². The number of aromatic nitrogens is 1. The van der Waals surface area contributed by atoms with Gasteiger partial charge in [0.25, 0.3) is 5.91 Å². The number of carbonyl (C=O) groups is 1. The smallest absolute Gasteiger partial charge is 0.289 e. The highest BCUT2D eigenvalue weighted by Crippen LogP contribution is 2.21. The summed E-state index contributed by atoms with van der Waals surface area (Å²) in [7, 11) is 0. The highest BCUT2D eigenvalue weighted by molar-refractivity contribution is 5.92. The number of nitrogens with one attached hydrogen (secondary N) is 1. The maximum Gasteiger partial charge on any atom is 0.289 e. The topological polar surface area (TPSA) is 81.2 Å². The van der Waals surface area contributed by atoms with E-state index < -0.39 is 0 Å². The number of oxazole rings is 1. The van der Waals surface area contributed by atoms with Crippen LogP contribution in [0.15, 0.2) is 34.7 Å². The van der Waals surface area contributed by atoms with E-state index in [-0.39, 0.29) is 24.1 Å². The Morgan fingerprint density at radius 1 is 1.29 bits per heavy atom. The van der Waals surface area contributed by atoms with Crippen molar-refractivity contribution in [3.63, 3.8) is 0 Å². The number of aryl methyl sites for hydroxylation is 1. The summed E-state index contributed by atoms with van der Waals surface area (Å²) >= 11 is 0. The Balaban J connectivity index is 0.00000220. The quantitative estimate of drug-likeness (QED) is 0.803. The molecule has 1 aromatic heterocycles. The van der Waals surface area contributed by atoms with E-state index in [0.29, 0.717) is 24.7 Å². The molecule has 1 aromatic carbocycles. The van der Waals surface area contributed by atoms with Crippen LogP contribution in [0.3, 0.4) is 0 Å². The zero-order valence-corrected chi connectivity index (χ0v) is 12.8. The van der Waals surface area contributed by atoms with Gasteiger partial charge in [-0.1, -0.05) is 18.2 Å². The van der Waals surface area contributed by atoms with Crippen molar-refractivity contribution in [3.8, 4) is 11.5 Å². The van der Waals surface area contributed by atoms with Crippen molar-refractivity contribution in [1.29, 1.82) is 0 Å². The van der Waals surface area contributed by atoms with Crippen LogP contribution in [0.1, 0.15) is 29.1 Å². The van der Waals surface area contributed by atoms with Gasteiger partial charge in [0.05, 0.1) is 5.69 Å². The molecule has 1 heterocycles. The number of unbranched alkanes of at least 4 members (excludes halogenated alkanes) is 1. The molecule has 0 aliphatic rings. The first kappa shape index (κ1) is 17.2. The molecule has 0 aliphatic heterocycles. The Labute approximate surface area is 130 Å². The Bertz CT molecular complexity index is 570. The molecule has 1 amide bonds. The molecule has 0 atom stereocenters. The van der Waals surface area contributed by atoms with Crippen molar-refractivity contribution < 1.29 is 9.21 Å². The SMILES string of the molecule is Cc1nc(-c2ccccc2)oc1C(=O)NCCCCN.Cl. The van der Waals surface area contributed by atoms with Gasteiger partial charge in [-0.3, -0.25) is 4.79 Å². The van der Waals surface area contributed by atoms with Gasteiger partial charge in [-0.05, 0) is 38.4 Å². The summed E-state index contributed by atoms with van der Waals surface area (Å²) in [5.74, 6) is 0.515. The summed E-state index contributed by atoms with van der Waals surface area (Å²) in [6.07, 6.45) is 1.76. The molecule has 0 aliphatic carbocycles. The molecule has 0 saturated carbocycles. The number of rotatable bonds is 6. The maximum absolute atomic E-state index is 12.0. The second kappa shape index (κ2) is 8.44. The van der Waals surface area contributed by atoms with Gasteiger partial charge in [-0.25, -0.2) is 4.98 Å². The molecule has 0 fully saturated rings. The van der Waals surface area contributed by atoms with Gasteiger partial charge >= 0.3 is 0 Å². The van der Waals surface area contributed by atoms with Crippen molar-refractivity contribution in [1.82, 2.24) is 10.3 Å². The molecule has 5 nitrogen and oxygen atoms in total. The predicted molar refractivity (Wildman–Crippen MR) is 84.5 cm³/mol. The van der Waals surface area contributed by atoms with Crippen LogP contribution in [0.5, 0.6) is 0 Å². The number of benzene rings is 1. The van der Waals surface area contributed by atoms with E-state index in [9.17, 15) is 4.79 Å². The van der Waals surface area contributed by atoms with E-state index in [2.05, 4.69) is 10.3 Å². The lowest BCUT2D eigenvalue weighted by Crippen LogP contribution is -2.25. The first-order valence-electron chi connectivity index (χ1n) is 6.73. The summed E-state index contributed by atoms with van der Waals surface area (Å²) in [6, 6.07) is 9.52. The highest BCUT2D eigenvalue weighted by atomic mass is 35.5. The van der Waals surface area contributed by atoms with E-state index in [1.807, 2.05) is 30.3 Å². The molecule has 21 heavy (non-hydrogen) atoms. The minimum absolute atomic E-state index is 0. The molecule has 0 radical (unpaired) electrons. The minimum Gasteiger partial charge on any atom is -0.431 e. The van der Waals surface area contributed by atoms with Crippen LogP contribution in [0.25, 0.3) is 11.5 Å². The van der Waals surface area contributed by atoms with Crippen LogP contribution in [-0.4, -0.2) is 24.0 Å². The first-order valence-corrected chi connectivity index (χ1v) is 6.73. The fraction of sp³-hybridized carbons (Fsp3) is 0.333. The second-order valence-corrected chi connectivity index (χ2v) is 4.55. The average molecular weight is 310 g/mol. The van der Waals surface area contributed by atoms with Gasteiger partial charge < -0.3 is 15.5 Å². The zero-order chi connectivity index (χ0) is 14.4. The number of carbonyl (C=O) groups excluding carboxylic acids is 1. The third-order valence-corrected chi connectivity index (χ3v) is 2.94. The summed E-state index contributed by atoms with van der Waals surface area (Å²) in [4.78, 5) is 16.3. The lowest BCUT2D eigenvalue weighted by atomic mass is 10.2. The van der Waals surface area contributed by atoms with Crippen molar-refractivity contribution >= 4 is 18.3 Å². The lowest BCUT2D eigenvalue weighted by molar-refractivity contribution is 0.0925. The molecule has 114 valence electrons. The molecule has 0 spiro atoms. The van der Waals surface area contributed by atoms with Crippen molar-refractivity contribution in [2.45, 2.75) is 19.8 Å². The standard InChI is InChI=1S/C15H19N3O2.ClH/c1-11-13(14(19)17-10-6-5-9-16)20-15(18-11)12-7-3-2-4-8-12;/h2-4,7-8H,5-6,9-10,16H2,1H3,(H,17,19);1H. The zero-order valence-electron chi connectivity index (χ0n) is 12.0. The van der Waals surface area contributed by atoms with E-state index in [0.717, 1.165) is 18.4 Å². The number of nitrogens with two attached hydrogens (primary N) is 1. The molecule has 3 N–H and O–H groups in total. The highest BCUT2D eigenvalue weighted by Gasteiger charge is 2.17. The molecule has 2 rings (SSSR count). The molecule has 6 heteroatoms. The Kier molecular flexibility index (Phi) is 6.91. The Morgan fingerprint density at radius 3 is 2.67 bits per heavy atom. The average Bonchev–Trinajstić information content (AvgIpc) is 2.86. The van der Waals surface area contributed by atoms with Gasteiger partial charge in [0.15, 0.2) is 0 Å². The molecular weight excluding hydrogens is 290 g/mol. The third kappa shape index (κ3) is 4.58. The number of nitrogens with zero attached hydrogens (tertiary/aromatic N) is 1. The summed E-state index contributed by atoms with van der Waals surface area (Å²) in [5, 5.41) is 2.81. The number of hydrogen-bond acceptors (Lipinski definition) is 4. The Morgan fingerprint density at radius 2 is 2.00 bits per heavy atom. The Hall–Kier alpha value is -1.85. The lowest BCUT2D eigenvalue weighted by Gasteiger charge is -2.02. The van der Waals surface area contributed by atoms with Gasteiger partial charge in [0.2, 0.25) is 11.7 Å². The van der Waals surface area contributed by atoms with Gasteiger partial charge in [-0.2, -0.15) is 0 Å². The minimum atomic E-state index is -0.228. The van der Waals surface area contributed by atoms with E-state index >= 15 is 0 Å². The van der Waals surface area contributed by atoms with Crippen LogP contribution in [0.2, 0.25) is 0 Å². The first-order chi connectivity index (χ1) is 9.72. The molecule has 0 bridgehead atoms. The van der Waals surface area contributed by atoms with E-state index in [4.69, 9.17) is 10.2 Å². The van der Waals surface area contributed by atoms with Crippen molar-refractivity contribution in [2.24, 2.45) is 5.73 Å². The van der Waals surface area contributed by atoms with Crippen molar-refractivity contribution in [3.05, 3.63) is 41.8 Å². The van der Waals surface area contributed by atoms with Gasteiger partial charge in [0, 0.05) is 12.1 Å². The second-order valence-electron chi connectivity index (χ2n) is 4.55. The number of hydrogen-bond donors (Lipinski definition) is 2. The van der Waals surface area contributed by atoms with Gasteiger partial charge in [0.1, 0.15) is 0 Å². The van der Waals surface area contributed by atoms with Gasteiger partial charge in [-0.15, -0.1) is 12.4 Å². The fourth-order valence-electron chi connectivity index (χ4n) is 1.86. The number of halogens is 1. The molecular formula is C15H20ClN3O2. The monoisotopic (exact) mass is 309 g/mol. The van der Waals surface area contributed by atoms with Crippen LogP contribution in [-0.2, 0) is 0 Å².